The lowest BCUT2D eigenvalue weighted by Crippen LogP contribution is -2.36. The van der Waals surface area contributed by atoms with Crippen LogP contribution in [0.25, 0.3) is 6.08 Å². The van der Waals surface area contributed by atoms with Crippen LogP contribution in [0.5, 0.6) is 11.8 Å². The lowest BCUT2D eigenvalue weighted by atomic mass is 10.3. The Labute approximate surface area is 159 Å². The summed E-state index contributed by atoms with van der Waals surface area (Å²) in [4.78, 5) is 23.9. The molecule has 1 aliphatic heterocycles. The average molecular weight is 415 g/mol. The highest BCUT2D eigenvalue weighted by Crippen LogP contribution is 2.26. The molecule has 0 aromatic carbocycles. The maximum atomic E-state index is 12.6. The van der Waals surface area contributed by atoms with Crippen LogP contribution in [0.4, 0.5) is 10.7 Å². The number of nitrogens with zero attached hydrogens (tertiary/aromatic N) is 4. The summed E-state index contributed by atoms with van der Waals surface area (Å²) in [5, 5.41) is 1.70. The predicted octanol–water partition coefficient (Wildman–Crippen LogP) is 1.27. The van der Waals surface area contributed by atoms with E-state index in [1.165, 1.54) is 24.9 Å². The Morgan fingerprint density at radius 3 is 2.52 bits per heavy atom. The smallest absolute Gasteiger partial charge is 0.335 e. The second kappa shape index (κ2) is 7.40. The van der Waals surface area contributed by atoms with Crippen molar-refractivity contribution in [2.75, 3.05) is 19.5 Å². The molecule has 0 bridgehead atoms. The van der Waals surface area contributed by atoms with Gasteiger partial charge in [-0.05, 0) is 12.5 Å². The SMILES string of the molecule is COc1cc(OC)nc(NC(=O)NS(=O)(=O)c2c(Cl)nc3n2CCC=C3)n1. The van der Waals surface area contributed by atoms with E-state index in [1.54, 1.807) is 6.08 Å². The first kappa shape index (κ1) is 18.9. The maximum absolute atomic E-state index is 12.6. The number of anilines is 1. The number of ether oxygens (including phenoxy) is 2. The van der Waals surface area contributed by atoms with Crippen molar-refractivity contribution in [1.82, 2.24) is 24.2 Å². The van der Waals surface area contributed by atoms with Gasteiger partial charge in [-0.25, -0.2) is 14.5 Å². The van der Waals surface area contributed by atoms with Crippen LogP contribution in [-0.4, -0.2) is 48.2 Å². The Bertz CT molecular complexity index is 997. The van der Waals surface area contributed by atoms with Crippen molar-refractivity contribution in [2.45, 2.75) is 18.0 Å². The normalized spacial score (nSPS) is 13.0. The third kappa shape index (κ3) is 3.95. The Hall–Kier alpha value is -2.86. The summed E-state index contributed by atoms with van der Waals surface area (Å²) in [6, 6.07) is 0.314. The van der Waals surface area contributed by atoms with E-state index in [2.05, 4.69) is 20.3 Å². The van der Waals surface area contributed by atoms with Crippen LogP contribution in [0.3, 0.4) is 0 Å². The van der Waals surface area contributed by atoms with Gasteiger partial charge in [-0.2, -0.15) is 18.4 Å². The second-order valence-corrected chi connectivity index (χ2v) is 7.20. The number of carbonyl (C=O) groups is 1. The fourth-order valence-electron chi connectivity index (χ4n) is 2.38. The van der Waals surface area contributed by atoms with E-state index in [9.17, 15) is 13.2 Å². The number of sulfonamides is 1. The Kier molecular flexibility index (Phi) is 5.19. The highest BCUT2D eigenvalue weighted by atomic mass is 35.5. The average Bonchev–Trinajstić information content (AvgIpc) is 2.97. The predicted molar refractivity (Wildman–Crippen MR) is 95.4 cm³/mol. The molecule has 27 heavy (non-hydrogen) atoms. The molecule has 144 valence electrons. The minimum Gasteiger partial charge on any atom is -0.481 e. The van der Waals surface area contributed by atoms with Crippen LogP contribution in [0.2, 0.25) is 5.15 Å². The van der Waals surface area contributed by atoms with Crippen molar-refractivity contribution < 1.29 is 22.7 Å². The van der Waals surface area contributed by atoms with Crippen molar-refractivity contribution in [2.24, 2.45) is 0 Å². The molecule has 2 aromatic rings. The van der Waals surface area contributed by atoms with Gasteiger partial charge in [0, 0.05) is 6.54 Å². The lowest BCUT2D eigenvalue weighted by molar-refractivity contribution is 0.256. The zero-order valence-corrected chi connectivity index (χ0v) is 15.8. The van der Waals surface area contributed by atoms with Crippen LogP contribution >= 0.6 is 11.6 Å². The first-order valence-electron chi connectivity index (χ1n) is 7.57. The van der Waals surface area contributed by atoms with E-state index in [4.69, 9.17) is 21.1 Å². The van der Waals surface area contributed by atoms with Gasteiger partial charge in [0.2, 0.25) is 17.7 Å². The molecule has 2 aromatic heterocycles. The van der Waals surface area contributed by atoms with Crippen LogP contribution < -0.4 is 19.5 Å². The number of allylic oxidation sites excluding steroid dienone is 1. The molecule has 0 fully saturated rings. The van der Waals surface area contributed by atoms with Gasteiger partial charge in [-0.15, -0.1) is 0 Å². The summed E-state index contributed by atoms with van der Waals surface area (Å²) in [6.45, 7) is 0.375. The Balaban J connectivity index is 1.82. The molecule has 0 saturated carbocycles. The van der Waals surface area contributed by atoms with Gasteiger partial charge in [0.05, 0.1) is 20.3 Å². The second-order valence-electron chi connectivity index (χ2n) is 5.24. The first-order chi connectivity index (χ1) is 12.8. The molecule has 1 aliphatic rings. The van der Waals surface area contributed by atoms with E-state index in [0.717, 1.165) is 0 Å². The molecule has 3 heterocycles. The number of hydrogen-bond donors (Lipinski definition) is 2. The monoisotopic (exact) mass is 414 g/mol. The maximum Gasteiger partial charge on any atom is 0.335 e. The van der Waals surface area contributed by atoms with Crippen LogP contribution in [0.15, 0.2) is 17.2 Å². The summed E-state index contributed by atoms with van der Waals surface area (Å²) in [5.74, 6) is 0.440. The summed E-state index contributed by atoms with van der Waals surface area (Å²) < 4.78 is 38.4. The third-order valence-electron chi connectivity index (χ3n) is 3.50. The number of imidazole rings is 1. The van der Waals surface area contributed by atoms with Gasteiger partial charge < -0.3 is 14.0 Å². The number of nitrogens with one attached hydrogen (secondary N) is 2. The van der Waals surface area contributed by atoms with Crippen molar-refractivity contribution in [3.05, 3.63) is 23.1 Å². The molecule has 0 aliphatic carbocycles. The Morgan fingerprint density at radius 2 is 1.89 bits per heavy atom. The number of rotatable bonds is 5. The van der Waals surface area contributed by atoms with Gasteiger partial charge in [0.1, 0.15) is 5.82 Å². The van der Waals surface area contributed by atoms with E-state index >= 15 is 0 Å². The van der Waals surface area contributed by atoms with E-state index in [1.807, 2.05) is 10.8 Å². The number of carbonyl (C=O) groups excluding carboxylic acids is 1. The number of amides is 2. The third-order valence-corrected chi connectivity index (χ3v) is 5.25. The van der Waals surface area contributed by atoms with Crippen LogP contribution in [0.1, 0.15) is 12.2 Å². The first-order valence-corrected chi connectivity index (χ1v) is 9.43. The molecule has 13 heteroatoms. The van der Waals surface area contributed by atoms with Crippen molar-refractivity contribution >= 4 is 39.7 Å². The number of urea groups is 1. The molecule has 0 unspecified atom stereocenters. The summed E-state index contributed by atoms with van der Waals surface area (Å²) >= 11 is 5.97. The van der Waals surface area contributed by atoms with Gasteiger partial charge >= 0.3 is 6.03 Å². The van der Waals surface area contributed by atoms with E-state index in [0.29, 0.717) is 18.8 Å². The zero-order chi connectivity index (χ0) is 19.6. The molecular formula is C14H15ClN6O5S. The molecular weight excluding hydrogens is 400 g/mol. The summed E-state index contributed by atoms with van der Waals surface area (Å²) in [5.41, 5.74) is 0. The molecule has 3 rings (SSSR count). The molecule has 0 saturated heterocycles. The molecule has 0 atom stereocenters. The van der Waals surface area contributed by atoms with Crippen molar-refractivity contribution in [3.63, 3.8) is 0 Å². The fraction of sp³-hybridized carbons (Fsp3) is 0.286. The topological polar surface area (TPSA) is 137 Å². The number of hydrogen-bond acceptors (Lipinski definition) is 8. The highest BCUT2D eigenvalue weighted by Gasteiger charge is 2.29. The van der Waals surface area contributed by atoms with Gasteiger partial charge in [-0.1, -0.05) is 17.7 Å². The molecule has 2 amide bonds. The van der Waals surface area contributed by atoms with Crippen LogP contribution in [0, 0.1) is 0 Å². The van der Waals surface area contributed by atoms with Crippen molar-refractivity contribution in [3.8, 4) is 11.8 Å². The number of halogens is 1. The fourth-order valence-corrected chi connectivity index (χ4v) is 4.01. The number of methoxy groups -OCH3 is 2. The summed E-state index contributed by atoms with van der Waals surface area (Å²) in [6.07, 6.45) is 4.12. The largest absolute Gasteiger partial charge is 0.481 e. The van der Waals surface area contributed by atoms with E-state index < -0.39 is 16.1 Å². The van der Waals surface area contributed by atoms with Crippen molar-refractivity contribution in [1.29, 1.82) is 0 Å². The highest BCUT2D eigenvalue weighted by molar-refractivity contribution is 7.90. The van der Waals surface area contributed by atoms with Gasteiger partial charge in [-0.3, -0.25) is 5.32 Å². The Morgan fingerprint density at radius 1 is 1.22 bits per heavy atom. The zero-order valence-electron chi connectivity index (χ0n) is 14.3. The number of aromatic nitrogens is 4. The van der Waals surface area contributed by atoms with Gasteiger partial charge in [0.15, 0.2) is 10.2 Å². The van der Waals surface area contributed by atoms with Crippen LogP contribution in [-0.2, 0) is 16.6 Å². The van der Waals surface area contributed by atoms with E-state index in [-0.39, 0.29) is 27.9 Å². The molecule has 11 nitrogen and oxygen atoms in total. The molecule has 0 radical (unpaired) electrons. The number of fused-ring (bicyclic) bond motifs is 1. The minimum atomic E-state index is -4.29. The minimum absolute atomic E-state index is 0.125. The van der Waals surface area contributed by atoms with Gasteiger partial charge in [0.25, 0.3) is 10.0 Å². The lowest BCUT2D eigenvalue weighted by Gasteiger charge is -2.13. The standard InChI is InChI=1S/C14H15ClN6O5S/c1-25-9-7-10(26-2)18-13(17-9)19-14(22)20-27(23,24)12-11(15)16-8-5-3-4-6-21(8)12/h3,5,7H,4,6H2,1-2H3,(H2,17,18,19,20,22). The molecule has 2 N–H and O–H groups in total. The molecule has 0 spiro atoms. The quantitative estimate of drug-likeness (QED) is 0.746. The summed E-state index contributed by atoms with van der Waals surface area (Å²) in [7, 11) is -1.54.